The Morgan fingerprint density at radius 2 is 0.909 bits per heavy atom. The Morgan fingerprint density at radius 1 is 0.636 bits per heavy atom. The Kier molecular flexibility index (Phi) is 6.15. The summed E-state index contributed by atoms with van der Waals surface area (Å²) in [6.45, 7) is 0. The maximum absolute atomic E-state index is 5.31. The summed E-state index contributed by atoms with van der Waals surface area (Å²) in [5.74, 6) is 0. The highest BCUT2D eigenvalue weighted by Gasteiger charge is 2.05. The number of ether oxygens (including phenoxy) is 1. The minimum absolute atomic E-state index is 0.264. The lowest BCUT2D eigenvalue weighted by molar-refractivity contribution is 0.367. The summed E-state index contributed by atoms with van der Waals surface area (Å²) in [7, 11) is 0. The molecule has 0 rings (SSSR count). The molecule has 0 aliphatic heterocycles. The summed E-state index contributed by atoms with van der Waals surface area (Å²) in [6, 6.07) is 0. The van der Waals surface area contributed by atoms with Crippen LogP contribution in [0.5, 0.6) is 0 Å². The predicted octanol–water partition coefficient (Wildman–Crippen LogP) is 4.69. The van der Waals surface area contributed by atoms with E-state index in [9.17, 15) is 0 Å². The fourth-order valence-corrected chi connectivity index (χ4v) is 0.504. The first-order chi connectivity index (χ1) is 4.95. The molecular formula is C4Cl6O. The van der Waals surface area contributed by atoms with E-state index in [2.05, 4.69) is 4.74 Å². The second-order valence-electron chi connectivity index (χ2n) is 1.17. The molecule has 11 heavy (non-hydrogen) atoms. The van der Waals surface area contributed by atoms with Crippen molar-refractivity contribution in [1.29, 1.82) is 0 Å². The highest BCUT2D eigenvalue weighted by atomic mass is 35.5. The van der Waals surface area contributed by atoms with Crippen molar-refractivity contribution in [3.8, 4) is 0 Å². The molecule has 0 unspecified atom stereocenters. The topological polar surface area (TPSA) is 9.23 Å². The van der Waals surface area contributed by atoms with Gasteiger partial charge < -0.3 is 4.74 Å². The van der Waals surface area contributed by atoms with Crippen LogP contribution >= 0.6 is 69.6 Å². The van der Waals surface area contributed by atoms with Crippen molar-refractivity contribution in [2.45, 2.75) is 0 Å². The zero-order chi connectivity index (χ0) is 9.02. The van der Waals surface area contributed by atoms with Crippen LogP contribution in [-0.4, -0.2) is 0 Å². The van der Waals surface area contributed by atoms with Gasteiger partial charge in [0.2, 0.25) is 10.4 Å². The molecule has 0 aliphatic rings. The summed E-state index contributed by atoms with van der Waals surface area (Å²) in [5, 5.41) is -0.589. The van der Waals surface area contributed by atoms with E-state index >= 15 is 0 Å². The van der Waals surface area contributed by atoms with E-state index in [1.54, 1.807) is 0 Å². The highest BCUT2D eigenvalue weighted by molar-refractivity contribution is 6.60. The van der Waals surface area contributed by atoms with Gasteiger partial charge in [-0.15, -0.1) is 0 Å². The van der Waals surface area contributed by atoms with Gasteiger partial charge in [0.05, 0.1) is 0 Å². The average Bonchev–Trinajstić information content (AvgIpc) is 1.87. The van der Waals surface area contributed by atoms with Crippen LogP contribution in [0.15, 0.2) is 19.4 Å². The largest absolute Gasteiger partial charge is 0.428 e. The normalized spacial score (nSPS) is 8.91. The van der Waals surface area contributed by atoms with Gasteiger partial charge in [-0.1, -0.05) is 46.4 Å². The second-order valence-corrected chi connectivity index (χ2v) is 3.76. The smallest absolute Gasteiger partial charge is 0.225 e. The summed E-state index contributed by atoms with van der Waals surface area (Å²) in [4.78, 5) is 0. The van der Waals surface area contributed by atoms with Gasteiger partial charge in [0.1, 0.15) is 0 Å². The van der Waals surface area contributed by atoms with Gasteiger partial charge >= 0.3 is 0 Å². The molecule has 0 saturated heterocycles. The minimum atomic E-state index is -0.294. The first-order valence-corrected chi connectivity index (χ1v) is 4.31. The van der Waals surface area contributed by atoms with E-state index in [0.29, 0.717) is 0 Å². The molecule has 0 aromatic carbocycles. The second kappa shape index (κ2) is 5.63. The zero-order valence-corrected chi connectivity index (χ0v) is 9.21. The fraction of sp³-hybridized carbons (Fsp3) is 0. The van der Waals surface area contributed by atoms with E-state index in [4.69, 9.17) is 69.6 Å². The molecule has 0 saturated carbocycles. The molecule has 0 fully saturated rings. The molecule has 0 N–H and O–H groups in total. The van der Waals surface area contributed by atoms with Crippen molar-refractivity contribution in [2.24, 2.45) is 0 Å². The van der Waals surface area contributed by atoms with Gasteiger partial charge in [-0.05, 0) is 23.2 Å². The third kappa shape index (κ3) is 5.29. The first-order valence-electron chi connectivity index (χ1n) is 2.04. The Hall–Kier alpha value is 1.02. The SMILES string of the molecule is ClC(Cl)=C(Cl)OC(Cl)=C(Cl)Cl. The van der Waals surface area contributed by atoms with E-state index < -0.39 is 0 Å². The molecule has 7 heteroatoms. The maximum Gasteiger partial charge on any atom is 0.225 e. The number of halogens is 6. The van der Waals surface area contributed by atoms with Gasteiger partial charge in [-0.25, -0.2) is 0 Å². The Bertz CT molecular complexity index is 177. The molecule has 0 amide bonds. The molecule has 64 valence electrons. The summed E-state index contributed by atoms with van der Waals surface area (Å²) >= 11 is 31.4. The number of rotatable bonds is 2. The fourth-order valence-electron chi connectivity index (χ4n) is 0.156. The summed E-state index contributed by atoms with van der Waals surface area (Å²) < 4.78 is 4.01. The average molecular weight is 277 g/mol. The lowest BCUT2D eigenvalue weighted by atomic mass is 11.0. The van der Waals surface area contributed by atoms with Crippen LogP contribution in [-0.2, 0) is 4.74 Å². The molecule has 0 atom stereocenters. The molecule has 0 aliphatic carbocycles. The van der Waals surface area contributed by atoms with Gasteiger partial charge in [-0.2, -0.15) is 0 Å². The Labute approximate surface area is 93.4 Å². The molecule has 0 bridgehead atoms. The van der Waals surface area contributed by atoms with Crippen LogP contribution in [0, 0.1) is 0 Å². The predicted molar refractivity (Wildman–Crippen MR) is 50.3 cm³/mol. The van der Waals surface area contributed by atoms with Gasteiger partial charge in [-0.3, -0.25) is 0 Å². The van der Waals surface area contributed by atoms with E-state index in [1.165, 1.54) is 0 Å². The summed E-state index contributed by atoms with van der Waals surface area (Å²) in [5.41, 5.74) is 0. The van der Waals surface area contributed by atoms with Gasteiger partial charge in [0.15, 0.2) is 8.98 Å². The third-order valence-electron chi connectivity index (χ3n) is 0.476. The Morgan fingerprint density at radius 3 is 1.09 bits per heavy atom. The quantitative estimate of drug-likeness (QED) is 0.665. The number of hydrogen-bond acceptors (Lipinski definition) is 1. The monoisotopic (exact) mass is 274 g/mol. The van der Waals surface area contributed by atoms with Crippen molar-refractivity contribution >= 4 is 69.6 Å². The zero-order valence-electron chi connectivity index (χ0n) is 4.68. The molecule has 0 aromatic heterocycles. The van der Waals surface area contributed by atoms with Crippen LogP contribution in [0.4, 0.5) is 0 Å². The van der Waals surface area contributed by atoms with Crippen molar-refractivity contribution in [1.82, 2.24) is 0 Å². The molecular weight excluding hydrogens is 277 g/mol. The van der Waals surface area contributed by atoms with Crippen LogP contribution in [0.25, 0.3) is 0 Å². The lowest BCUT2D eigenvalue weighted by Gasteiger charge is -2.00. The number of hydrogen-bond donors (Lipinski definition) is 0. The van der Waals surface area contributed by atoms with E-state index in [0.717, 1.165) is 0 Å². The molecule has 1 nitrogen and oxygen atoms in total. The van der Waals surface area contributed by atoms with Gasteiger partial charge in [0, 0.05) is 0 Å². The van der Waals surface area contributed by atoms with Crippen LogP contribution in [0.1, 0.15) is 0 Å². The van der Waals surface area contributed by atoms with E-state index in [1.807, 2.05) is 0 Å². The maximum atomic E-state index is 5.31. The minimum Gasteiger partial charge on any atom is -0.428 e. The van der Waals surface area contributed by atoms with Crippen molar-refractivity contribution < 1.29 is 4.74 Å². The third-order valence-corrected chi connectivity index (χ3v) is 2.08. The molecule has 0 radical (unpaired) electrons. The standard InChI is InChI=1S/C4Cl6O/c5-1(6)3(9)11-4(10)2(7)8. The van der Waals surface area contributed by atoms with E-state index in [-0.39, 0.29) is 19.4 Å². The lowest BCUT2D eigenvalue weighted by Crippen LogP contribution is -1.81. The highest BCUT2D eigenvalue weighted by Crippen LogP contribution is 2.26. The summed E-state index contributed by atoms with van der Waals surface area (Å²) in [6.07, 6.45) is 0. The van der Waals surface area contributed by atoms with Crippen LogP contribution < -0.4 is 0 Å². The van der Waals surface area contributed by atoms with Crippen molar-refractivity contribution in [3.63, 3.8) is 0 Å². The molecule has 0 spiro atoms. The first kappa shape index (κ1) is 12.0. The van der Waals surface area contributed by atoms with Crippen molar-refractivity contribution in [3.05, 3.63) is 19.4 Å². The van der Waals surface area contributed by atoms with Crippen LogP contribution in [0.3, 0.4) is 0 Å². The molecule has 0 aromatic rings. The Balaban J connectivity index is 4.30. The molecule has 0 heterocycles. The van der Waals surface area contributed by atoms with Crippen LogP contribution in [0.2, 0.25) is 0 Å². The van der Waals surface area contributed by atoms with Crippen molar-refractivity contribution in [2.75, 3.05) is 0 Å². The van der Waals surface area contributed by atoms with Gasteiger partial charge in [0.25, 0.3) is 0 Å².